The van der Waals surface area contributed by atoms with Gasteiger partial charge in [0.25, 0.3) is 0 Å². The lowest BCUT2D eigenvalue weighted by Crippen LogP contribution is -2.44. The third-order valence-electron chi connectivity index (χ3n) is 2.48. The number of hydrogen-bond acceptors (Lipinski definition) is 4. The normalized spacial score (nSPS) is 12.8. The van der Waals surface area contributed by atoms with Gasteiger partial charge in [0.05, 0.1) is 19.3 Å². The Bertz CT molecular complexity index is 277. The van der Waals surface area contributed by atoms with Gasteiger partial charge in [0.1, 0.15) is 6.61 Å². The van der Waals surface area contributed by atoms with E-state index >= 15 is 0 Å². The van der Waals surface area contributed by atoms with Gasteiger partial charge in [-0.05, 0) is 18.8 Å². The average molecular weight is 273 g/mol. The lowest BCUT2D eigenvalue weighted by Gasteiger charge is -2.19. The fraction of sp³-hybridized carbons (Fsp3) is 0.857. The molecule has 0 fully saturated rings. The molecule has 112 valence electrons. The second-order valence-electron chi connectivity index (χ2n) is 5.42. The molecule has 0 aliphatic rings. The molecule has 1 atom stereocenters. The minimum absolute atomic E-state index is 0.0383. The van der Waals surface area contributed by atoms with Crippen molar-refractivity contribution in [3.63, 3.8) is 0 Å². The number of ketones is 1. The van der Waals surface area contributed by atoms with Gasteiger partial charge in [-0.15, -0.1) is 0 Å². The predicted molar refractivity (Wildman–Crippen MR) is 73.9 cm³/mol. The van der Waals surface area contributed by atoms with Gasteiger partial charge in [-0.2, -0.15) is 0 Å². The molecule has 0 rings (SSSR count). The van der Waals surface area contributed by atoms with Crippen LogP contribution < -0.4 is 5.32 Å². The highest BCUT2D eigenvalue weighted by atomic mass is 16.5. The molecule has 19 heavy (non-hydrogen) atoms. The molecule has 0 aromatic rings. The molecule has 0 saturated carbocycles. The molecule has 0 aromatic heterocycles. The molecular formula is C14H27NO4. The fourth-order valence-electron chi connectivity index (χ4n) is 1.55. The summed E-state index contributed by atoms with van der Waals surface area (Å²) in [5, 5.41) is 2.67. The van der Waals surface area contributed by atoms with Crippen molar-refractivity contribution in [3.05, 3.63) is 0 Å². The first-order chi connectivity index (χ1) is 8.84. The number of rotatable bonds is 10. The molecular weight excluding hydrogens is 246 g/mol. The lowest BCUT2D eigenvalue weighted by atomic mass is 10.0. The van der Waals surface area contributed by atoms with Crippen molar-refractivity contribution in [2.45, 2.75) is 40.7 Å². The van der Waals surface area contributed by atoms with Crippen LogP contribution in [0.5, 0.6) is 0 Å². The molecule has 0 spiro atoms. The number of Topliss-reactive ketones (excluding diaryl/α,β-unsaturated/α-hetero) is 1. The van der Waals surface area contributed by atoms with E-state index in [4.69, 9.17) is 9.47 Å². The Balaban J connectivity index is 3.72. The molecule has 1 unspecified atom stereocenters. The molecule has 0 bridgehead atoms. The summed E-state index contributed by atoms with van der Waals surface area (Å²) >= 11 is 0. The zero-order valence-electron chi connectivity index (χ0n) is 12.7. The van der Waals surface area contributed by atoms with Crippen molar-refractivity contribution >= 4 is 11.7 Å². The van der Waals surface area contributed by atoms with Crippen LogP contribution in [-0.2, 0) is 19.1 Å². The largest absolute Gasteiger partial charge is 0.379 e. The maximum Gasteiger partial charge on any atom is 0.246 e. The Labute approximate surface area is 116 Å². The van der Waals surface area contributed by atoms with Crippen LogP contribution in [0.15, 0.2) is 0 Å². The number of amides is 1. The van der Waals surface area contributed by atoms with E-state index in [0.717, 1.165) is 0 Å². The van der Waals surface area contributed by atoms with Gasteiger partial charge in [0.15, 0.2) is 5.78 Å². The van der Waals surface area contributed by atoms with Crippen molar-refractivity contribution in [2.75, 3.05) is 26.4 Å². The molecule has 1 N–H and O–H groups in total. The molecule has 0 aliphatic heterocycles. The third-order valence-corrected chi connectivity index (χ3v) is 2.48. The van der Waals surface area contributed by atoms with Crippen molar-refractivity contribution in [2.24, 2.45) is 11.8 Å². The number of carbonyl (C=O) groups is 2. The van der Waals surface area contributed by atoms with E-state index in [-0.39, 0.29) is 24.2 Å². The van der Waals surface area contributed by atoms with Gasteiger partial charge in [-0.3, -0.25) is 9.59 Å². The van der Waals surface area contributed by atoms with Crippen LogP contribution in [0, 0.1) is 11.8 Å². The summed E-state index contributed by atoms with van der Waals surface area (Å²) in [6.07, 6.45) is 0. The quantitative estimate of drug-likeness (QED) is 0.611. The van der Waals surface area contributed by atoms with Crippen LogP contribution in [0.4, 0.5) is 0 Å². The molecule has 0 aromatic carbocycles. The van der Waals surface area contributed by atoms with Gasteiger partial charge in [-0.25, -0.2) is 0 Å². The van der Waals surface area contributed by atoms with E-state index in [2.05, 4.69) is 19.2 Å². The Morgan fingerprint density at radius 2 is 1.63 bits per heavy atom. The molecule has 0 saturated heterocycles. The van der Waals surface area contributed by atoms with Gasteiger partial charge in [0.2, 0.25) is 5.91 Å². The number of ether oxygens (including phenoxy) is 2. The van der Waals surface area contributed by atoms with Crippen molar-refractivity contribution in [1.82, 2.24) is 5.32 Å². The Kier molecular flexibility index (Phi) is 9.43. The number of carbonyl (C=O) groups excluding carboxylic acids is 2. The van der Waals surface area contributed by atoms with Crippen LogP contribution in [0.1, 0.15) is 34.6 Å². The minimum atomic E-state index is -0.437. The summed E-state index contributed by atoms with van der Waals surface area (Å²) in [6.45, 7) is 10.9. The Morgan fingerprint density at radius 3 is 2.11 bits per heavy atom. The zero-order chi connectivity index (χ0) is 14.8. The van der Waals surface area contributed by atoms with Crippen LogP contribution in [-0.4, -0.2) is 44.2 Å². The maximum atomic E-state index is 11.6. The van der Waals surface area contributed by atoms with E-state index in [1.165, 1.54) is 6.92 Å². The van der Waals surface area contributed by atoms with Gasteiger partial charge < -0.3 is 14.8 Å². The van der Waals surface area contributed by atoms with Gasteiger partial charge in [-0.1, -0.05) is 27.7 Å². The summed E-state index contributed by atoms with van der Waals surface area (Å²) in [4.78, 5) is 22.9. The van der Waals surface area contributed by atoms with Crippen LogP contribution >= 0.6 is 0 Å². The summed E-state index contributed by atoms with van der Waals surface area (Å²) in [7, 11) is 0. The summed E-state index contributed by atoms with van der Waals surface area (Å²) < 4.78 is 10.5. The summed E-state index contributed by atoms with van der Waals surface area (Å²) in [5.41, 5.74) is 0. The van der Waals surface area contributed by atoms with Crippen LogP contribution in [0.3, 0.4) is 0 Å². The number of nitrogens with one attached hydrogen (secondary N) is 1. The maximum absolute atomic E-state index is 11.6. The highest BCUT2D eigenvalue weighted by Gasteiger charge is 2.20. The van der Waals surface area contributed by atoms with Crippen molar-refractivity contribution in [3.8, 4) is 0 Å². The Hall–Kier alpha value is -0.940. The zero-order valence-corrected chi connectivity index (χ0v) is 12.7. The topological polar surface area (TPSA) is 64.6 Å². The first-order valence-corrected chi connectivity index (χ1v) is 6.79. The smallest absolute Gasteiger partial charge is 0.246 e. The first-order valence-electron chi connectivity index (χ1n) is 6.79. The highest BCUT2D eigenvalue weighted by molar-refractivity contribution is 5.88. The molecule has 5 nitrogen and oxygen atoms in total. The molecule has 0 heterocycles. The highest BCUT2D eigenvalue weighted by Crippen LogP contribution is 2.02. The summed E-state index contributed by atoms with van der Waals surface area (Å²) in [6, 6.07) is -0.437. The summed E-state index contributed by atoms with van der Waals surface area (Å²) in [5.74, 6) is 0.267. The molecule has 0 aliphatic carbocycles. The minimum Gasteiger partial charge on any atom is -0.379 e. The molecule has 0 radical (unpaired) electrons. The van der Waals surface area contributed by atoms with Crippen molar-refractivity contribution < 1.29 is 19.1 Å². The second kappa shape index (κ2) is 9.92. The van der Waals surface area contributed by atoms with Crippen molar-refractivity contribution in [1.29, 1.82) is 0 Å². The Morgan fingerprint density at radius 1 is 1.05 bits per heavy atom. The van der Waals surface area contributed by atoms with E-state index < -0.39 is 6.04 Å². The second-order valence-corrected chi connectivity index (χ2v) is 5.42. The van der Waals surface area contributed by atoms with Gasteiger partial charge in [0, 0.05) is 6.61 Å². The van der Waals surface area contributed by atoms with E-state index in [1.807, 2.05) is 13.8 Å². The van der Waals surface area contributed by atoms with E-state index in [0.29, 0.717) is 25.7 Å². The van der Waals surface area contributed by atoms with Gasteiger partial charge >= 0.3 is 0 Å². The van der Waals surface area contributed by atoms with E-state index in [9.17, 15) is 9.59 Å². The molecule has 5 heteroatoms. The van der Waals surface area contributed by atoms with Crippen LogP contribution in [0.2, 0.25) is 0 Å². The monoisotopic (exact) mass is 273 g/mol. The average Bonchev–Trinajstić information content (AvgIpc) is 2.29. The fourth-order valence-corrected chi connectivity index (χ4v) is 1.55. The number of hydrogen-bond donors (Lipinski definition) is 1. The third kappa shape index (κ3) is 9.62. The van der Waals surface area contributed by atoms with E-state index in [1.54, 1.807) is 0 Å². The SMILES string of the molecule is CC(=O)C(NC(=O)COCCOCC(C)C)C(C)C. The standard InChI is InChI=1S/C14H27NO4/c1-10(2)8-18-6-7-19-9-13(17)15-14(11(3)4)12(5)16/h10-11,14H,6-9H2,1-5H3,(H,15,17). The molecule has 1 amide bonds. The van der Waals surface area contributed by atoms with Crippen LogP contribution in [0.25, 0.3) is 0 Å². The first kappa shape index (κ1) is 18.1. The lowest BCUT2D eigenvalue weighted by molar-refractivity contribution is -0.131. The predicted octanol–water partition coefficient (Wildman–Crippen LogP) is 1.41.